The maximum atomic E-state index is 12.2. The average molecular weight is 382 g/mol. The Bertz CT molecular complexity index is 684. The fourth-order valence-electron chi connectivity index (χ4n) is 2.14. The Morgan fingerprint density at radius 1 is 1.32 bits per heavy atom. The summed E-state index contributed by atoms with van der Waals surface area (Å²) in [6.45, 7) is 0.565. The van der Waals surface area contributed by atoms with Gasteiger partial charge >= 0.3 is 5.97 Å². The number of thiophene rings is 1. The number of halogens is 1. The summed E-state index contributed by atoms with van der Waals surface area (Å²) in [7, 11) is 1.76. The van der Waals surface area contributed by atoms with E-state index in [1.807, 2.05) is 11.4 Å². The summed E-state index contributed by atoms with van der Waals surface area (Å²) < 4.78 is 1.02. The van der Waals surface area contributed by atoms with E-state index in [0.717, 1.165) is 9.35 Å². The van der Waals surface area contributed by atoms with Gasteiger partial charge in [-0.15, -0.1) is 11.3 Å². The van der Waals surface area contributed by atoms with Crippen molar-refractivity contribution < 1.29 is 14.7 Å². The van der Waals surface area contributed by atoms with E-state index in [0.29, 0.717) is 24.9 Å². The minimum Gasteiger partial charge on any atom is -0.478 e. The largest absolute Gasteiger partial charge is 0.478 e. The van der Waals surface area contributed by atoms with Gasteiger partial charge in [-0.2, -0.15) is 0 Å². The molecule has 0 radical (unpaired) electrons. The molecule has 116 valence electrons. The first kappa shape index (κ1) is 16.7. The predicted molar refractivity (Wildman–Crippen MR) is 90.2 cm³/mol. The quantitative estimate of drug-likeness (QED) is 0.827. The van der Waals surface area contributed by atoms with Gasteiger partial charge in [-0.05, 0) is 40.0 Å². The van der Waals surface area contributed by atoms with Gasteiger partial charge < -0.3 is 10.0 Å². The van der Waals surface area contributed by atoms with E-state index in [2.05, 4.69) is 15.9 Å². The average Bonchev–Trinajstić information content (AvgIpc) is 2.90. The zero-order valence-corrected chi connectivity index (χ0v) is 14.5. The first-order valence-corrected chi connectivity index (χ1v) is 8.42. The lowest BCUT2D eigenvalue weighted by Crippen LogP contribution is -2.26. The first-order valence-electron chi connectivity index (χ1n) is 6.75. The molecular weight excluding hydrogens is 366 g/mol. The third-order valence-electron chi connectivity index (χ3n) is 3.30. The van der Waals surface area contributed by atoms with Crippen LogP contribution in [0.2, 0.25) is 0 Å². The molecule has 0 aliphatic rings. The van der Waals surface area contributed by atoms with E-state index < -0.39 is 5.97 Å². The van der Waals surface area contributed by atoms with E-state index >= 15 is 0 Å². The van der Waals surface area contributed by atoms with Gasteiger partial charge in [-0.1, -0.05) is 18.2 Å². The van der Waals surface area contributed by atoms with Crippen LogP contribution in [0.1, 0.15) is 27.2 Å². The first-order chi connectivity index (χ1) is 10.5. The van der Waals surface area contributed by atoms with Crippen molar-refractivity contribution in [3.63, 3.8) is 0 Å². The van der Waals surface area contributed by atoms with Gasteiger partial charge in [0.1, 0.15) is 0 Å². The van der Waals surface area contributed by atoms with Crippen molar-refractivity contribution in [1.82, 2.24) is 4.90 Å². The topological polar surface area (TPSA) is 57.6 Å². The van der Waals surface area contributed by atoms with Crippen LogP contribution < -0.4 is 0 Å². The van der Waals surface area contributed by atoms with Crippen LogP contribution >= 0.6 is 27.3 Å². The molecule has 1 aromatic carbocycles. The Hall–Kier alpha value is -1.66. The van der Waals surface area contributed by atoms with Crippen LogP contribution in [-0.4, -0.2) is 28.9 Å². The standard InChI is InChI=1S/C16H16BrNO3S/c1-18(9-13-8-12(17)10-22-13)15(19)7-6-11-4-2-3-5-14(11)16(20)21/h2-5,8,10H,6-7,9H2,1H3,(H,20,21). The number of benzene rings is 1. The predicted octanol–water partition coefficient (Wildman–Crippen LogP) is 3.80. The Balaban J connectivity index is 1.93. The molecule has 0 atom stereocenters. The van der Waals surface area contributed by atoms with E-state index in [-0.39, 0.29) is 11.5 Å². The van der Waals surface area contributed by atoms with Crippen LogP contribution in [0.4, 0.5) is 0 Å². The summed E-state index contributed by atoms with van der Waals surface area (Å²) in [5, 5.41) is 11.1. The van der Waals surface area contributed by atoms with Crippen molar-refractivity contribution in [2.75, 3.05) is 7.05 Å². The van der Waals surface area contributed by atoms with Crippen molar-refractivity contribution in [3.8, 4) is 0 Å². The highest BCUT2D eigenvalue weighted by Gasteiger charge is 2.14. The van der Waals surface area contributed by atoms with Gasteiger partial charge in [0.05, 0.1) is 12.1 Å². The molecule has 0 aliphatic heterocycles. The highest BCUT2D eigenvalue weighted by atomic mass is 79.9. The third-order valence-corrected chi connectivity index (χ3v) is 4.98. The number of hydrogen-bond donors (Lipinski definition) is 1. The fraction of sp³-hybridized carbons (Fsp3) is 0.250. The number of carboxylic acids is 1. The molecule has 0 unspecified atom stereocenters. The minimum absolute atomic E-state index is 0.00437. The Kier molecular flexibility index (Phi) is 5.74. The lowest BCUT2D eigenvalue weighted by molar-refractivity contribution is -0.130. The number of carbonyl (C=O) groups excluding carboxylic acids is 1. The third kappa shape index (κ3) is 4.42. The lowest BCUT2D eigenvalue weighted by Gasteiger charge is -2.16. The fourth-order valence-corrected chi connectivity index (χ4v) is 3.64. The molecule has 1 amide bonds. The van der Waals surface area contributed by atoms with E-state index in [4.69, 9.17) is 5.11 Å². The smallest absolute Gasteiger partial charge is 0.335 e. The molecule has 2 aromatic rings. The second-order valence-corrected chi connectivity index (χ2v) is 6.85. The van der Waals surface area contributed by atoms with Crippen LogP contribution in [0.5, 0.6) is 0 Å². The van der Waals surface area contributed by atoms with Crippen LogP contribution in [0.3, 0.4) is 0 Å². The van der Waals surface area contributed by atoms with Crippen LogP contribution in [0, 0.1) is 0 Å². The molecular formula is C16H16BrNO3S. The molecule has 1 aromatic heterocycles. The van der Waals surface area contributed by atoms with Crippen molar-refractivity contribution >= 4 is 39.1 Å². The van der Waals surface area contributed by atoms with Gasteiger partial charge in [-0.25, -0.2) is 4.79 Å². The summed E-state index contributed by atoms with van der Waals surface area (Å²) in [5.74, 6) is -0.954. The molecule has 1 heterocycles. The number of aromatic carboxylic acids is 1. The van der Waals surface area contributed by atoms with E-state index in [1.165, 1.54) is 0 Å². The van der Waals surface area contributed by atoms with Gasteiger partial charge in [0, 0.05) is 28.2 Å². The molecule has 0 bridgehead atoms. The Morgan fingerprint density at radius 3 is 2.68 bits per heavy atom. The molecule has 0 spiro atoms. The summed E-state index contributed by atoms with van der Waals surface area (Å²) in [5.41, 5.74) is 0.954. The zero-order chi connectivity index (χ0) is 16.1. The molecule has 0 fully saturated rings. The number of amides is 1. The molecule has 2 rings (SSSR count). The Labute approximate surface area is 141 Å². The van der Waals surface area contributed by atoms with Crippen molar-refractivity contribution in [3.05, 3.63) is 56.2 Å². The van der Waals surface area contributed by atoms with Crippen LogP contribution in [0.15, 0.2) is 40.2 Å². The van der Waals surface area contributed by atoms with Gasteiger partial charge in [-0.3, -0.25) is 4.79 Å². The summed E-state index contributed by atoms with van der Waals surface area (Å²) in [4.78, 5) is 26.1. The number of carboxylic acid groups (broad SMARTS) is 1. The van der Waals surface area contributed by atoms with E-state index in [1.54, 1.807) is 47.5 Å². The maximum Gasteiger partial charge on any atom is 0.335 e. The van der Waals surface area contributed by atoms with Crippen molar-refractivity contribution in [2.45, 2.75) is 19.4 Å². The molecule has 22 heavy (non-hydrogen) atoms. The second kappa shape index (κ2) is 7.56. The monoisotopic (exact) mass is 381 g/mol. The summed E-state index contributed by atoms with van der Waals surface area (Å²) >= 11 is 4.99. The minimum atomic E-state index is -0.958. The molecule has 6 heteroatoms. The Morgan fingerprint density at radius 2 is 2.05 bits per heavy atom. The number of rotatable bonds is 6. The maximum absolute atomic E-state index is 12.2. The number of hydrogen-bond acceptors (Lipinski definition) is 3. The highest BCUT2D eigenvalue weighted by molar-refractivity contribution is 9.10. The summed E-state index contributed by atoms with van der Waals surface area (Å²) in [6, 6.07) is 8.80. The van der Waals surface area contributed by atoms with Gasteiger partial charge in [0.25, 0.3) is 0 Å². The van der Waals surface area contributed by atoms with Crippen LogP contribution in [0.25, 0.3) is 0 Å². The molecule has 1 N–H and O–H groups in total. The van der Waals surface area contributed by atoms with Crippen molar-refractivity contribution in [1.29, 1.82) is 0 Å². The molecule has 0 saturated carbocycles. The van der Waals surface area contributed by atoms with Crippen LogP contribution in [-0.2, 0) is 17.8 Å². The molecule has 0 saturated heterocycles. The number of carbonyl (C=O) groups is 2. The normalized spacial score (nSPS) is 10.5. The molecule has 4 nitrogen and oxygen atoms in total. The SMILES string of the molecule is CN(Cc1cc(Br)cs1)C(=O)CCc1ccccc1C(=O)O. The highest BCUT2D eigenvalue weighted by Crippen LogP contribution is 2.21. The van der Waals surface area contributed by atoms with Crippen molar-refractivity contribution in [2.24, 2.45) is 0 Å². The van der Waals surface area contributed by atoms with Gasteiger partial charge in [0.15, 0.2) is 0 Å². The lowest BCUT2D eigenvalue weighted by atomic mass is 10.0. The number of nitrogens with zero attached hydrogens (tertiary/aromatic N) is 1. The van der Waals surface area contributed by atoms with Gasteiger partial charge in [0.2, 0.25) is 5.91 Å². The zero-order valence-electron chi connectivity index (χ0n) is 12.1. The molecule has 0 aliphatic carbocycles. The number of aryl methyl sites for hydroxylation is 1. The summed E-state index contributed by atoms with van der Waals surface area (Å²) in [6.07, 6.45) is 0.729. The second-order valence-electron chi connectivity index (χ2n) is 4.94. The van der Waals surface area contributed by atoms with E-state index in [9.17, 15) is 9.59 Å².